The highest BCUT2D eigenvalue weighted by Gasteiger charge is 2.37. The Hall–Kier alpha value is -3.09. The van der Waals surface area contributed by atoms with Crippen LogP contribution in [0.5, 0.6) is 5.75 Å². The predicted molar refractivity (Wildman–Crippen MR) is 92.4 cm³/mol. The molecule has 1 atom stereocenters. The first kappa shape index (κ1) is 16.8. The second kappa shape index (κ2) is 6.43. The molecule has 0 aliphatic rings. The van der Waals surface area contributed by atoms with Gasteiger partial charge in [-0.1, -0.05) is 18.2 Å². The van der Waals surface area contributed by atoms with Crippen LogP contribution in [0.25, 0.3) is 11.3 Å². The maximum atomic E-state index is 12.1. The Bertz CT molecular complexity index is 899. The molecule has 0 saturated heterocycles. The van der Waals surface area contributed by atoms with Gasteiger partial charge in [0.25, 0.3) is 0 Å². The number of aromatic nitrogens is 4. The van der Waals surface area contributed by atoms with Crippen molar-refractivity contribution in [1.29, 1.82) is 0 Å². The van der Waals surface area contributed by atoms with E-state index in [9.17, 15) is 9.90 Å². The van der Waals surface area contributed by atoms with E-state index >= 15 is 0 Å². The highest BCUT2D eigenvalue weighted by Crippen LogP contribution is 2.29. The summed E-state index contributed by atoms with van der Waals surface area (Å²) in [6.45, 7) is 1.65. The number of carbonyl (C=O) groups is 1. The summed E-state index contributed by atoms with van der Waals surface area (Å²) in [4.78, 5) is 12.1. The molecule has 0 saturated carbocycles. The molecule has 2 aromatic heterocycles. The molecule has 3 rings (SSSR count). The van der Waals surface area contributed by atoms with Gasteiger partial charge < -0.3 is 9.84 Å². The lowest BCUT2D eigenvalue weighted by Crippen LogP contribution is -2.41. The van der Waals surface area contributed by atoms with E-state index < -0.39 is 11.5 Å². The van der Waals surface area contributed by atoms with Gasteiger partial charge in [0.2, 0.25) is 0 Å². The highest BCUT2D eigenvalue weighted by atomic mass is 16.5. The second-order valence-corrected chi connectivity index (χ2v) is 6.12. The Morgan fingerprint density at radius 1 is 1.32 bits per heavy atom. The summed E-state index contributed by atoms with van der Waals surface area (Å²) in [5.41, 5.74) is 1.08. The molecule has 0 bridgehead atoms. The van der Waals surface area contributed by atoms with E-state index in [2.05, 4.69) is 10.2 Å². The van der Waals surface area contributed by atoms with Crippen molar-refractivity contribution in [3.8, 4) is 17.0 Å². The summed E-state index contributed by atoms with van der Waals surface area (Å²) in [7, 11) is 3.40. The van der Waals surface area contributed by atoms with Gasteiger partial charge in [0, 0.05) is 31.4 Å². The summed E-state index contributed by atoms with van der Waals surface area (Å²) in [6, 6.07) is 9.26. The number of aliphatic carboxylic acids is 1. The monoisotopic (exact) mass is 340 g/mol. The summed E-state index contributed by atoms with van der Waals surface area (Å²) in [6.07, 6.45) is 5.42. The molecule has 1 N–H and O–H groups in total. The molecule has 1 unspecified atom stereocenters. The van der Waals surface area contributed by atoms with Gasteiger partial charge >= 0.3 is 5.97 Å². The number of hydrogen-bond acceptors (Lipinski definition) is 4. The zero-order chi connectivity index (χ0) is 18.0. The van der Waals surface area contributed by atoms with Crippen molar-refractivity contribution in [2.24, 2.45) is 7.05 Å². The summed E-state index contributed by atoms with van der Waals surface area (Å²) >= 11 is 0. The van der Waals surface area contributed by atoms with E-state index in [1.807, 2.05) is 43.6 Å². The van der Waals surface area contributed by atoms with Crippen molar-refractivity contribution < 1.29 is 14.6 Å². The smallest absolute Gasteiger partial charge is 0.331 e. The molecule has 3 aromatic rings. The van der Waals surface area contributed by atoms with Crippen molar-refractivity contribution in [2.45, 2.75) is 18.9 Å². The quantitative estimate of drug-likeness (QED) is 0.745. The molecule has 1 aromatic carbocycles. The summed E-state index contributed by atoms with van der Waals surface area (Å²) < 4.78 is 8.52. The fraction of sp³-hybridized carbons (Fsp3) is 0.278. The fourth-order valence-corrected chi connectivity index (χ4v) is 2.77. The van der Waals surface area contributed by atoms with Crippen LogP contribution >= 0.6 is 0 Å². The Morgan fingerprint density at radius 2 is 2.08 bits per heavy atom. The fourth-order valence-electron chi connectivity index (χ4n) is 2.77. The number of ether oxygens (including phenoxy) is 1. The van der Waals surface area contributed by atoms with Crippen LogP contribution in [0.3, 0.4) is 0 Å². The summed E-state index contributed by atoms with van der Waals surface area (Å²) in [5, 5.41) is 18.5. The molecule has 0 radical (unpaired) electrons. The number of rotatable bonds is 6. The van der Waals surface area contributed by atoms with Crippen molar-refractivity contribution in [2.75, 3.05) is 7.11 Å². The van der Waals surface area contributed by atoms with Gasteiger partial charge in [0.15, 0.2) is 5.54 Å². The molecule has 25 heavy (non-hydrogen) atoms. The minimum Gasteiger partial charge on any atom is -0.496 e. The topological polar surface area (TPSA) is 82.2 Å². The Morgan fingerprint density at radius 3 is 2.72 bits per heavy atom. The van der Waals surface area contributed by atoms with Crippen molar-refractivity contribution >= 4 is 5.97 Å². The third-order valence-corrected chi connectivity index (χ3v) is 4.29. The molecule has 0 aliphatic carbocycles. The second-order valence-electron chi connectivity index (χ2n) is 6.12. The van der Waals surface area contributed by atoms with Crippen LogP contribution in [-0.2, 0) is 23.8 Å². The largest absolute Gasteiger partial charge is 0.496 e. The van der Waals surface area contributed by atoms with Gasteiger partial charge in [0.1, 0.15) is 5.75 Å². The molecular weight excluding hydrogens is 320 g/mol. The molecule has 0 aliphatic heterocycles. The zero-order valence-electron chi connectivity index (χ0n) is 14.4. The van der Waals surface area contributed by atoms with Crippen LogP contribution in [-0.4, -0.2) is 37.7 Å². The van der Waals surface area contributed by atoms with Gasteiger partial charge in [-0.2, -0.15) is 10.2 Å². The number of benzene rings is 1. The number of carboxylic acid groups (broad SMARTS) is 1. The average molecular weight is 340 g/mol. The van der Waals surface area contributed by atoms with Gasteiger partial charge in [-0.3, -0.25) is 9.36 Å². The minimum atomic E-state index is -1.25. The van der Waals surface area contributed by atoms with E-state index in [1.165, 1.54) is 4.68 Å². The minimum absolute atomic E-state index is 0.246. The van der Waals surface area contributed by atoms with E-state index in [4.69, 9.17) is 4.74 Å². The van der Waals surface area contributed by atoms with Crippen LogP contribution in [0.4, 0.5) is 0 Å². The lowest BCUT2D eigenvalue weighted by molar-refractivity contribution is -0.147. The van der Waals surface area contributed by atoms with Crippen molar-refractivity contribution in [3.63, 3.8) is 0 Å². The number of methoxy groups -OCH3 is 1. The van der Waals surface area contributed by atoms with Gasteiger partial charge in [-0.15, -0.1) is 0 Å². The average Bonchev–Trinajstić information content (AvgIpc) is 3.24. The van der Waals surface area contributed by atoms with E-state index in [1.54, 1.807) is 31.1 Å². The lowest BCUT2D eigenvalue weighted by Gasteiger charge is -2.26. The zero-order valence-corrected chi connectivity index (χ0v) is 14.4. The van der Waals surface area contributed by atoms with E-state index in [0.29, 0.717) is 5.75 Å². The number of nitrogens with zero attached hydrogens (tertiary/aromatic N) is 4. The van der Waals surface area contributed by atoms with Gasteiger partial charge in [-0.25, -0.2) is 4.79 Å². The molecule has 7 nitrogen and oxygen atoms in total. The standard InChI is InChI=1S/C18H20N4O3/c1-18(17(23)24,10-13-6-4-5-7-16(13)25-3)22-12-14(11-19-22)15-8-9-21(2)20-15/h4-9,11-12H,10H2,1-3H3,(H,23,24). The predicted octanol–water partition coefficient (Wildman–Crippen LogP) is 2.33. The number of aryl methyl sites for hydroxylation is 1. The normalized spacial score (nSPS) is 13.4. The highest BCUT2D eigenvalue weighted by molar-refractivity contribution is 5.77. The molecule has 2 heterocycles. The SMILES string of the molecule is COc1ccccc1CC(C)(C(=O)O)n1cc(-c2ccn(C)n2)cn1. The molecule has 7 heteroatoms. The first-order valence-corrected chi connectivity index (χ1v) is 7.84. The molecular formula is C18H20N4O3. The van der Waals surface area contributed by atoms with Gasteiger partial charge in [0.05, 0.1) is 19.0 Å². The Labute approximate surface area is 145 Å². The lowest BCUT2D eigenvalue weighted by atomic mass is 9.92. The number of hydrogen-bond donors (Lipinski definition) is 1. The summed E-state index contributed by atoms with van der Waals surface area (Å²) in [5.74, 6) is -0.304. The Balaban J connectivity index is 1.98. The molecule has 0 spiro atoms. The molecule has 0 amide bonds. The molecule has 130 valence electrons. The van der Waals surface area contributed by atoms with Crippen LogP contribution < -0.4 is 4.74 Å². The first-order chi connectivity index (χ1) is 11.9. The number of carboxylic acids is 1. The van der Waals surface area contributed by atoms with E-state index in [0.717, 1.165) is 16.8 Å². The van der Waals surface area contributed by atoms with Gasteiger partial charge in [-0.05, 0) is 24.6 Å². The third-order valence-electron chi connectivity index (χ3n) is 4.29. The maximum absolute atomic E-state index is 12.1. The van der Waals surface area contributed by atoms with Crippen LogP contribution in [0.2, 0.25) is 0 Å². The van der Waals surface area contributed by atoms with Crippen LogP contribution in [0.1, 0.15) is 12.5 Å². The van der Waals surface area contributed by atoms with Crippen molar-refractivity contribution in [1.82, 2.24) is 19.6 Å². The number of para-hydroxylation sites is 1. The molecule has 0 fully saturated rings. The Kier molecular flexibility index (Phi) is 4.31. The van der Waals surface area contributed by atoms with E-state index in [-0.39, 0.29) is 6.42 Å². The van der Waals surface area contributed by atoms with Crippen molar-refractivity contribution in [3.05, 3.63) is 54.5 Å². The van der Waals surface area contributed by atoms with Crippen LogP contribution in [0, 0.1) is 0 Å². The first-order valence-electron chi connectivity index (χ1n) is 7.84. The third kappa shape index (κ3) is 3.13. The maximum Gasteiger partial charge on any atom is 0.331 e. The van der Waals surface area contributed by atoms with Crippen LogP contribution in [0.15, 0.2) is 48.9 Å².